The van der Waals surface area contributed by atoms with Crippen molar-refractivity contribution in [2.75, 3.05) is 0 Å². The van der Waals surface area contributed by atoms with Gasteiger partial charge in [-0.2, -0.15) is 0 Å². The topological polar surface area (TPSA) is 17.1 Å². The second kappa shape index (κ2) is 2.21. The molecule has 2 unspecified atom stereocenters. The maximum absolute atomic E-state index is 11.6. The molecule has 2 aliphatic rings. The highest BCUT2D eigenvalue weighted by molar-refractivity contribution is 5.95. The van der Waals surface area contributed by atoms with Crippen LogP contribution >= 0.6 is 0 Å². The minimum absolute atomic E-state index is 0.300. The summed E-state index contributed by atoms with van der Waals surface area (Å²) in [6.45, 7) is 6.50. The molecule has 1 fully saturated rings. The van der Waals surface area contributed by atoms with E-state index in [-0.39, 0.29) is 0 Å². The van der Waals surface area contributed by atoms with E-state index in [1.807, 2.05) is 6.08 Å². The average molecular weight is 164 g/mol. The number of fused-ring (bicyclic) bond motifs is 1. The number of rotatable bonds is 0. The highest BCUT2D eigenvalue weighted by atomic mass is 16.1. The van der Waals surface area contributed by atoms with Crippen molar-refractivity contribution in [2.24, 2.45) is 17.3 Å². The first-order valence-corrected chi connectivity index (χ1v) is 4.74. The zero-order chi connectivity index (χ0) is 8.93. The van der Waals surface area contributed by atoms with E-state index in [9.17, 15) is 4.79 Å². The Kier molecular flexibility index (Phi) is 1.48. The quantitative estimate of drug-likeness (QED) is 0.537. The van der Waals surface area contributed by atoms with Crippen molar-refractivity contribution < 1.29 is 4.79 Å². The normalized spacial score (nSPS) is 38.2. The van der Waals surface area contributed by atoms with E-state index in [4.69, 9.17) is 0 Å². The summed E-state index contributed by atoms with van der Waals surface area (Å²) in [6.07, 6.45) is 4.20. The van der Waals surface area contributed by atoms with Crippen LogP contribution in [0, 0.1) is 17.3 Å². The third-order valence-corrected chi connectivity index (χ3v) is 3.60. The van der Waals surface area contributed by atoms with E-state index < -0.39 is 0 Å². The smallest absolute Gasteiger partial charge is 0.159 e. The molecule has 0 aliphatic heterocycles. The van der Waals surface area contributed by atoms with Gasteiger partial charge in [0.2, 0.25) is 0 Å². The summed E-state index contributed by atoms with van der Waals surface area (Å²) in [5.74, 6) is 1.38. The van der Waals surface area contributed by atoms with Crippen molar-refractivity contribution in [3.63, 3.8) is 0 Å². The second-order valence-electron chi connectivity index (χ2n) is 4.84. The van der Waals surface area contributed by atoms with Crippen molar-refractivity contribution in [2.45, 2.75) is 33.6 Å². The molecule has 0 amide bonds. The molecule has 0 bridgehead atoms. The third kappa shape index (κ3) is 0.954. The fourth-order valence-corrected chi connectivity index (χ4v) is 2.64. The second-order valence-corrected chi connectivity index (χ2v) is 4.84. The molecule has 0 N–H and O–H groups in total. The lowest BCUT2D eigenvalue weighted by atomic mass is 10.0. The summed E-state index contributed by atoms with van der Waals surface area (Å²) < 4.78 is 0. The van der Waals surface area contributed by atoms with Gasteiger partial charge in [-0.05, 0) is 37.2 Å². The summed E-state index contributed by atoms with van der Waals surface area (Å²) in [4.78, 5) is 11.6. The molecule has 0 radical (unpaired) electrons. The van der Waals surface area contributed by atoms with Gasteiger partial charge in [-0.1, -0.05) is 19.4 Å². The number of allylic oxidation sites excluding steroid dienone is 2. The van der Waals surface area contributed by atoms with E-state index in [2.05, 4.69) is 20.8 Å². The molecule has 0 aromatic carbocycles. The Bertz CT molecular complexity index is 260. The molecule has 2 rings (SSSR count). The fraction of sp³-hybridized carbons (Fsp3) is 0.727. The molecule has 2 atom stereocenters. The molecule has 1 saturated carbocycles. The van der Waals surface area contributed by atoms with E-state index >= 15 is 0 Å². The van der Waals surface area contributed by atoms with Crippen LogP contribution in [0.5, 0.6) is 0 Å². The Balaban J connectivity index is 2.24. The molecule has 0 heterocycles. The predicted octanol–water partition coefficient (Wildman–Crippen LogP) is 2.57. The highest BCUT2D eigenvalue weighted by Gasteiger charge is 2.60. The predicted molar refractivity (Wildman–Crippen MR) is 48.8 cm³/mol. The lowest BCUT2D eigenvalue weighted by Crippen LogP contribution is -2.02. The zero-order valence-corrected chi connectivity index (χ0v) is 8.05. The number of hydrogen-bond donors (Lipinski definition) is 0. The molecule has 2 aliphatic carbocycles. The molecule has 1 nitrogen and oxygen atoms in total. The Morgan fingerprint density at radius 1 is 1.50 bits per heavy atom. The van der Waals surface area contributed by atoms with Crippen LogP contribution in [0.15, 0.2) is 11.6 Å². The maximum atomic E-state index is 11.6. The molecule has 1 heteroatoms. The Morgan fingerprint density at radius 2 is 2.17 bits per heavy atom. The molecule has 0 spiro atoms. The number of carbonyl (C=O) groups excluding carboxylic acids is 1. The minimum atomic E-state index is 0.300. The van der Waals surface area contributed by atoms with Gasteiger partial charge >= 0.3 is 0 Å². The molecule has 0 aromatic heterocycles. The number of ketones is 1. The SMILES string of the molecule is CC1=CC(=O)C2C(CC1)C2(C)C. The lowest BCUT2D eigenvalue weighted by molar-refractivity contribution is -0.116. The molecule has 12 heavy (non-hydrogen) atoms. The van der Waals surface area contributed by atoms with Crippen LogP contribution in [0.4, 0.5) is 0 Å². The van der Waals surface area contributed by atoms with Crippen LogP contribution in [0.2, 0.25) is 0 Å². The molecular formula is C11H16O. The lowest BCUT2D eigenvalue weighted by Gasteiger charge is -2.04. The number of carbonyl (C=O) groups is 1. The van der Waals surface area contributed by atoms with E-state index in [1.54, 1.807) is 0 Å². The number of hydrogen-bond acceptors (Lipinski definition) is 1. The monoisotopic (exact) mass is 164 g/mol. The van der Waals surface area contributed by atoms with Crippen molar-refractivity contribution in [1.82, 2.24) is 0 Å². The summed E-state index contributed by atoms with van der Waals surface area (Å²) >= 11 is 0. The Labute approximate surface area is 73.8 Å². The van der Waals surface area contributed by atoms with Gasteiger partial charge in [0.15, 0.2) is 5.78 Å². The van der Waals surface area contributed by atoms with E-state index in [0.717, 1.165) is 6.42 Å². The molecule has 0 saturated heterocycles. The highest BCUT2D eigenvalue weighted by Crippen LogP contribution is 2.62. The van der Waals surface area contributed by atoms with Gasteiger partial charge in [0.05, 0.1) is 0 Å². The molecule has 0 aromatic rings. The Hall–Kier alpha value is -0.590. The summed E-state index contributed by atoms with van der Waals surface area (Å²) in [7, 11) is 0. The van der Waals surface area contributed by atoms with Gasteiger partial charge < -0.3 is 0 Å². The van der Waals surface area contributed by atoms with Crippen molar-refractivity contribution >= 4 is 5.78 Å². The largest absolute Gasteiger partial charge is 0.295 e. The van der Waals surface area contributed by atoms with Crippen LogP contribution < -0.4 is 0 Å². The van der Waals surface area contributed by atoms with Crippen LogP contribution in [0.1, 0.15) is 33.6 Å². The standard InChI is InChI=1S/C11H16O/c1-7-4-5-8-10(9(12)6-7)11(8,2)3/h6,8,10H,4-5H2,1-3H3. The summed E-state index contributed by atoms with van der Waals surface area (Å²) in [6, 6.07) is 0. The summed E-state index contributed by atoms with van der Waals surface area (Å²) in [5.41, 5.74) is 1.57. The minimum Gasteiger partial charge on any atom is -0.295 e. The fourth-order valence-electron chi connectivity index (χ4n) is 2.64. The van der Waals surface area contributed by atoms with Gasteiger partial charge in [-0.15, -0.1) is 0 Å². The van der Waals surface area contributed by atoms with E-state index in [1.165, 1.54) is 12.0 Å². The van der Waals surface area contributed by atoms with Crippen LogP contribution in [0.25, 0.3) is 0 Å². The first kappa shape index (κ1) is 8.03. The molecule has 66 valence electrons. The van der Waals surface area contributed by atoms with Crippen LogP contribution in [-0.4, -0.2) is 5.78 Å². The van der Waals surface area contributed by atoms with Gasteiger partial charge in [0.1, 0.15) is 0 Å². The van der Waals surface area contributed by atoms with Crippen LogP contribution in [-0.2, 0) is 4.79 Å². The third-order valence-electron chi connectivity index (χ3n) is 3.60. The molecular weight excluding hydrogens is 148 g/mol. The summed E-state index contributed by atoms with van der Waals surface area (Å²) in [5, 5.41) is 0. The van der Waals surface area contributed by atoms with Gasteiger partial charge in [-0.3, -0.25) is 4.79 Å². The van der Waals surface area contributed by atoms with Crippen molar-refractivity contribution in [3.05, 3.63) is 11.6 Å². The van der Waals surface area contributed by atoms with Crippen LogP contribution in [0.3, 0.4) is 0 Å². The van der Waals surface area contributed by atoms with E-state index in [0.29, 0.717) is 23.0 Å². The zero-order valence-electron chi connectivity index (χ0n) is 8.05. The average Bonchev–Trinajstić information content (AvgIpc) is 2.52. The van der Waals surface area contributed by atoms with Gasteiger partial charge in [-0.25, -0.2) is 0 Å². The van der Waals surface area contributed by atoms with Gasteiger partial charge in [0.25, 0.3) is 0 Å². The maximum Gasteiger partial charge on any atom is 0.159 e. The van der Waals surface area contributed by atoms with Gasteiger partial charge in [0, 0.05) is 5.92 Å². The first-order valence-electron chi connectivity index (χ1n) is 4.74. The van der Waals surface area contributed by atoms with Crippen molar-refractivity contribution in [1.29, 1.82) is 0 Å². The first-order chi connectivity index (χ1) is 5.53. The van der Waals surface area contributed by atoms with Crippen molar-refractivity contribution in [3.8, 4) is 0 Å². The Morgan fingerprint density at radius 3 is 2.83 bits per heavy atom.